The van der Waals surface area contributed by atoms with Crippen molar-refractivity contribution in [3.05, 3.63) is 98.7 Å². The van der Waals surface area contributed by atoms with Crippen molar-refractivity contribution in [1.29, 1.82) is 0 Å². The molecule has 0 atom stereocenters. The Morgan fingerprint density at radius 3 is 2.50 bits per heavy atom. The second-order valence-electron chi connectivity index (χ2n) is 7.56. The molecule has 0 spiro atoms. The number of aromatic nitrogens is 2. The average molecular weight is 487 g/mol. The number of para-hydroxylation sites is 2. The van der Waals surface area contributed by atoms with Crippen LogP contribution in [0.25, 0.3) is 11.0 Å². The Kier molecular flexibility index (Phi) is 7.36. The van der Waals surface area contributed by atoms with Gasteiger partial charge in [0.15, 0.2) is 0 Å². The minimum atomic E-state index is -0.0421. The zero-order valence-corrected chi connectivity index (χ0v) is 19.6. The van der Waals surface area contributed by atoms with Crippen LogP contribution >= 0.6 is 34.8 Å². The van der Waals surface area contributed by atoms with Crippen molar-refractivity contribution in [2.75, 3.05) is 6.54 Å². The molecule has 0 fully saturated rings. The molecule has 7 heteroatoms. The summed E-state index contributed by atoms with van der Waals surface area (Å²) in [5, 5.41) is 4.83. The summed E-state index contributed by atoms with van der Waals surface area (Å²) in [4.78, 5) is 17.1. The van der Waals surface area contributed by atoms with Gasteiger partial charge in [0.05, 0.1) is 24.0 Å². The number of imidazole rings is 1. The average Bonchev–Trinajstić information content (AvgIpc) is 3.12. The number of benzene rings is 3. The van der Waals surface area contributed by atoms with Gasteiger partial charge in [-0.05, 0) is 47.9 Å². The van der Waals surface area contributed by atoms with E-state index < -0.39 is 0 Å². The maximum absolute atomic E-state index is 12.3. The Bertz CT molecular complexity index is 1250. The van der Waals surface area contributed by atoms with Crippen molar-refractivity contribution in [1.82, 2.24) is 14.9 Å². The highest BCUT2D eigenvalue weighted by Gasteiger charge is 2.13. The molecule has 0 radical (unpaired) electrons. The monoisotopic (exact) mass is 485 g/mol. The van der Waals surface area contributed by atoms with Crippen LogP contribution in [0.4, 0.5) is 0 Å². The summed E-state index contributed by atoms with van der Waals surface area (Å²) < 4.78 is 2.18. The van der Waals surface area contributed by atoms with Gasteiger partial charge >= 0.3 is 0 Å². The maximum atomic E-state index is 12.3. The molecular formula is C25H22Cl3N3O. The summed E-state index contributed by atoms with van der Waals surface area (Å²) in [5.41, 5.74) is 3.80. The number of carbonyl (C=O) groups excluding carboxylic acids is 1. The fourth-order valence-corrected chi connectivity index (χ4v) is 4.34. The van der Waals surface area contributed by atoms with Crippen LogP contribution in [0.1, 0.15) is 23.4 Å². The van der Waals surface area contributed by atoms with E-state index in [0.29, 0.717) is 28.2 Å². The summed E-state index contributed by atoms with van der Waals surface area (Å²) in [7, 11) is 0. The van der Waals surface area contributed by atoms with Gasteiger partial charge in [0.25, 0.3) is 0 Å². The molecule has 0 aliphatic rings. The number of hydrogen-bond donors (Lipinski definition) is 1. The Hall–Kier alpha value is -2.53. The lowest BCUT2D eigenvalue weighted by molar-refractivity contribution is -0.120. The number of nitrogens with zero attached hydrogens (tertiary/aromatic N) is 2. The topological polar surface area (TPSA) is 46.9 Å². The molecule has 0 aliphatic heterocycles. The first-order valence-electron chi connectivity index (χ1n) is 10.4. The van der Waals surface area contributed by atoms with Crippen LogP contribution in [0, 0.1) is 0 Å². The van der Waals surface area contributed by atoms with E-state index in [0.717, 1.165) is 40.8 Å². The van der Waals surface area contributed by atoms with Gasteiger partial charge in [0, 0.05) is 28.0 Å². The van der Waals surface area contributed by atoms with Gasteiger partial charge in [-0.1, -0.05) is 71.2 Å². The van der Waals surface area contributed by atoms with Crippen LogP contribution in [-0.2, 0) is 24.2 Å². The molecule has 4 aromatic rings. The van der Waals surface area contributed by atoms with Gasteiger partial charge in [-0.3, -0.25) is 4.79 Å². The SMILES string of the molecule is O=C(Cc1ccccc1Cl)NCCCc1nc2ccccc2n1Cc1ccc(Cl)cc1Cl. The lowest BCUT2D eigenvalue weighted by Gasteiger charge is -2.12. The van der Waals surface area contributed by atoms with Crippen molar-refractivity contribution in [2.24, 2.45) is 0 Å². The number of rotatable bonds is 8. The summed E-state index contributed by atoms with van der Waals surface area (Å²) in [6, 6.07) is 21.0. The quantitative estimate of drug-likeness (QED) is 0.296. The number of nitrogens with one attached hydrogen (secondary N) is 1. The molecule has 0 bridgehead atoms. The molecule has 1 amide bonds. The summed E-state index contributed by atoms with van der Waals surface area (Å²) in [5.74, 6) is 0.914. The zero-order valence-electron chi connectivity index (χ0n) is 17.3. The van der Waals surface area contributed by atoms with Crippen molar-refractivity contribution in [3.63, 3.8) is 0 Å². The van der Waals surface area contributed by atoms with E-state index in [1.165, 1.54) is 0 Å². The third kappa shape index (κ3) is 5.44. The molecule has 0 saturated carbocycles. The number of halogens is 3. The first-order valence-corrected chi connectivity index (χ1v) is 11.5. The standard InChI is InChI=1S/C25H22Cl3N3O/c26-19-12-11-18(21(28)15-19)16-31-23-9-4-3-8-22(23)30-24(31)10-5-13-29-25(32)14-17-6-1-2-7-20(17)27/h1-4,6-9,11-12,15H,5,10,13-14,16H2,(H,29,32). The first-order chi connectivity index (χ1) is 15.5. The molecule has 0 saturated heterocycles. The lowest BCUT2D eigenvalue weighted by Crippen LogP contribution is -2.26. The summed E-state index contributed by atoms with van der Waals surface area (Å²) in [6.45, 7) is 1.17. The van der Waals surface area contributed by atoms with Crippen LogP contribution < -0.4 is 5.32 Å². The van der Waals surface area contributed by atoms with Crippen LogP contribution in [0.2, 0.25) is 15.1 Å². The number of amides is 1. The van der Waals surface area contributed by atoms with E-state index in [1.54, 1.807) is 12.1 Å². The molecule has 0 unspecified atom stereocenters. The van der Waals surface area contributed by atoms with Gasteiger partial charge in [0.2, 0.25) is 5.91 Å². The van der Waals surface area contributed by atoms with Crippen LogP contribution in [0.3, 0.4) is 0 Å². The molecule has 164 valence electrons. The minimum absolute atomic E-state index is 0.0421. The Morgan fingerprint density at radius 1 is 0.906 bits per heavy atom. The number of fused-ring (bicyclic) bond motifs is 1. The highest BCUT2D eigenvalue weighted by Crippen LogP contribution is 2.25. The minimum Gasteiger partial charge on any atom is -0.356 e. The van der Waals surface area contributed by atoms with Crippen LogP contribution in [0.5, 0.6) is 0 Å². The second-order valence-corrected chi connectivity index (χ2v) is 8.81. The zero-order chi connectivity index (χ0) is 22.5. The number of carbonyl (C=O) groups is 1. The Balaban J connectivity index is 1.42. The molecule has 1 heterocycles. The highest BCUT2D eigenvalue weighted by molar-refractivity contribution is 6.35. The molecule has 4 rings (SSSR count). The summed E-state index contributed by atoms with van der Waals surface area (Å²) >= 11 is 18.6. The van der Waals surface area contributed by atoms with Crippen molar-refractivity contribution in [3.8, 4) is 0 Å². The van der Waals surface area contributed by atoms with Crippen LogP contribution in [-0.4, -0.2) is 22.0 Å². The van der Waals surface area contributed by atoms with E-state index in [4.69, 9.17) is 39.8 Å². The Morgan fingerprint density at radius 2 is 1.69 bits per heavy atom. The fourth-order valence-electron chi connectivity index (χ4n) is 3.66. The fraction of sp³-hybridized carbons (Fsp3) is 0.200. The normalized spacial score (nSPS) is 11.1. The van der Waals surface area contributed by atoms with Gasteiger partial charge < -0.3 is 9.88 Å². The molecular weight excluding hydrogens is 465 g/mol. The maximum Gasteiger partial charge on any atom is 0.224 e. The van der Waals surface area contributed by atoms with Crippen molar-refractivity contribution >= 4 is 51.7 Å². The smallest absolute Gasteiger partial charge is 0.224 e. The summed E-state index contributed by atoms with van der Waals surface area (Å²) in [6.07, 6.45) is 1.77. The van der Waals surface area contributed by atoms with Gasteiger partial charge in [-0.2, -0.15) is 0 Å². The Labute approximate surface area is 202 Å². The van der Waals surface area contributed by atoms with E-state index in [-0.39, 0.29) is 12.3 Å². The molecule has 1 N–H and O–H groups in total. The first kappa shape index (κ1) is 22.7. The van der Waals surface area contributed by atoms with Crippen LogP contribution in [0.15, 0.2) is 66.7 Å². The third-order valence-corrected chi connectivity index (χ3v) is 6.24. The molecule has 32 heavy (non-hydrogen) atoms. The van der Waals surface area contributed by atoms with Gasteiger partial charge in [-0.25, -0.2) is 4.98 Å². The van der Waals surface area contributed by atoms with Crippen molar-refractivity contribution in [2.45, 2.75) is 25.8 Å². The van der Waals surface area contributed by atoms with E-state index in [2.05, 4.69) is 16.0 Å². The van der Waals surface area contributed by atoms with E-state index in [9.17, 15) is 4.79 Å². The predicted octanol–water partition coefficient (Wildman–Crippen LogP) is 6.34. The largest absolute Gasteiger partial charge is 0.356 e. The lowest BCUT2D eigenvalue weighted by atomic mass is 10.1. The predicted molar refractivity (Wildman–Crippen MR) is 132 cm³/mol. The molecule has 1 aromatic heterocycles. The number of aryl methyl sites for hydroxylation is 1. The van der Waals surface area contributed by atoms with Crippen molar-refractivity contribution < 1.29 is 4.79 Å². The van der Waals surface area contributed by atoms with E-state index in [1.807, 2.05) is 48.5 Å². The van der Waals surface area contributed by atoms with E-state index >= 15 is 0 Å². The molecule has 4 nitrogen and oxygen atoms in total. The third-order valence-electron chi connectivity index (χ3n) is 5.29. The van der Waals surface area contributed by atoms with Gasteiger partial charge in [-0.15, -0.1) is 0 Å². The van der Waals surface area contributed by atoms with Gasteiger partial charge in [0.1, 0.15) is 5.82 Å². The number of hydrogen-bond acceptors (Lipinski definition) is 2. The highest BCUT2D eigenvalue weighted by atomic mass is 35.5. The molecule has 3 aromatic carbocycles. The second kappa shape index (κ2) is 10.4. The molecule has 0 aliphatic carbocycles.